The molecule has 2 nitrogen and oxygen atoms in total. The fourth-order valence-electron chi connectivity index (χ4n) is 1.77. The van der Waals surface area contributed by atoms with E-state index >= 15 is 0 Å². The van der Waals surface area contributed by atoms with Crippen LogP contribution in [0.4, 0.5) is 5.69 Å². The van der Waals surface area contributed by atoms with Crippen LogP contribution in [0, 0.1) is 0 Å². The lowest BCUT2D eigenvalue weighted by molar-refractivity contribution is -0.115. The van der Waals surface area contributed by atoms with Crippen LogP contribution < -0.4 is 4.90 Å². The molecule has 0 radical (unpaired) electrons. The van der Waals surface area contributed by atoms with Crippen LogP contribution in [0.15, 0.2) is 24.3 Å². The molecule has 0 aromatic heterocycles. The first-order valence-corrected chi connectivity index (χ1v) is 6.59. The minimum Gasteiger partial charge on any atom is -0.273 e. The molecule has 0 aliphatic carbocycles. The first-order valence-electron chi connectivity index (χ1n) is 5.20. The molecule has 1 fully saturated rings. The van der Waals surface area contributed by atoms with Crippen LogP contribution in [0.25, 0.3) is 0 Å². The average Bonchev–Trinajstić information content (AvgIpc) is 2.58. The zero-order chi connectivity index (χ0) is 11.7. The predicted molar refractivity (Wildman–Crippen MR) is 73.1 cm³/mol. The van der Waals surface area contributed by atoms with Crippen LogP contribution in [-0.2, 0) is 4.79 Å². The third-order valence-corrected chi connectivity index (χ3v) is 3.91. The molecule has 1 amide bonds. The molecule has 1 aromatic carbocycles. The van der Waals surface area contributed by atoms with Gasteiger partial charge in [-0.3, -0.25) is 9.69 Å². The highest BCUT2D eigenvalue weighted by Crippen LogP contribution is 2.32. The normalized spacial score (nSPS) is 16.3. The van der Waals surface area contributed by atoms with E-state index in [1.165, 1.54) is 17.3 Å². The van der Waals surface area contributed by atoms with Crippen LogP contribution in [-0.4, -0.2) is 16.0 Å². The number of hydrogen-bond acceptors (Lipinski definition) is 3. The quantitative estimate of drug-likeness (QED) is 0.753. The van der Waals surface area contributed by atoms with Crippen molar-refractivity contribution in [3.63, 3.8) is 0 Å². The number of thioether (sulfide) groups is 1. The molecule has 0 N–H and O–H groups in total. The number of benzene rings is 1. The van der Waals surface area contributed by atoms with Gasteiger partial charge in [0.15, 0.2) is 0 Å². The lowest BCUT2D eigenvalue weighted by atomic mass is 10.0. The second kappa shape index (κ2) is 4.55. The zero-order valence-electron chi connectivity index (χ0n) is 9.27. The third kappa shape index (κ3) is 1.99. The monoisotopic (exact) mass is 251 g/mol. The Balaban J connectivity index is 2.47. The van der Waals surface area contributed by atoms with Crippen molar-refractivity contribution in [1.82, 2.24) is 0 Å². The highest BCUT2D eigenvalue weighted by Gasteiger charge is 2.29. The summed E-state index contributed by atoms with van der Waals surface area (Å²) < 4.78 is 0.665. The molecule has 2 rings (SSSR count). The average molecular weight is 251 g/mol. The molecular weight excluding hydrogens is 238 g/mol. The summed E-state index contributed by atoms with van der Waals surface area (Å²) in [6, 6.07) is 7.96. The smallest absolute Gasteiger partial charge is 0.243 e. The number of thiocarbonyl (C=S) groups is 1. The summed E-state index contributed by atoms with van der Waals surface area (Å²) in [7, 11) is 0. The Labute approximate surface area is 105 Å². The van der Waals surface area contributed by atoms with Gasteiger partial charge in [-0.25, -0.2) is 0 Å². The molecule has 1 heterocycles. The van der Waals surface area contributed by atoms with Crippen LogP contribution >= 0.6 is 24.0 Å². The van der Waals surface area contributed by atoms with E-state index in [-0.39, 0.29) is 5.91 Å². The Morgan fingerprint density at radius 2 is 2.06 bits per heavy atom. The molecule has 1 saturated heterocycles. The zero-order valence-corrected chi connectivity index (χ0v) is 10.9. The molecule has 1 aromatic rings. The standard InChI is InChI=1S/C12H13NOS2/c1-8(2)9-5-3-4-6-10(9)13-11(14)7-16-12(13)15/h3-6,8H,7H2,1-2H3. The fraction of sp³-hybridized carbons (Fsp3) is 0.333. The Hall–Kier alpha value is -0.870. The van der Waals surface area contributed by atoms with E-state index in [1.54, 1.807) is 4.90 Å². The number of amides is 1. The molecule has 1 aliphatic rings. The SMILES string of the molecule is CC(C)c1ccccc1N1C(=O)CSC1=S. The van der Waals surface area contributed by atoms with E-state index < -0.39 is 0 Å². The first-order chi connectivity index (χ1) is 7.61. The largest absolute Gasteiger partial charge is 0.273 e. The topological polar surface area (TPSA) is 20.3 Å². The fourth-order valence-corrected chi connectivity index (χ4v) is 2.85. The van der Waals surface area contributed by atoms with Crippen molar-refractivity contribution in [3.8, 4) is 0 Å². The van der Waals surface area contributed by atoms with E-state index in [9.17, 15) is 4.79 Å². The number of rotatable bonds is 2. The Bertz CT molecular complexity index is 426. The van der Waals surface area contributed by atoms with Gasteiger partial charge in [0.1, 0.15) is 4.32 Å². The highest BCUT2D eigenvalue weighted by molar-refractivity contribution is 8.24. The van der Waals surface area contributed by atoms with Gasteiger partial charge in [0.2, 0.25) is 5.91 Å². The number of hydrogen-bond donors (Lipinski definition) is 0. The maximum Gasteiger partial charge on any atom is 0.243 e. The Kier molecular flexibility index (Phi) is 3.30. The van der Waals surface area contributed by atoms with Gasteiger partial charge in [-0.2, -0.15) is 0 Å². The van der Waals surface area contributed by atoms with E-state index in [0.29, 0.717) is 16.0 Å². The van der Waals surface area contributed by atoms with Crippen LogP contribution in [0.2, 0.25) is 0 Å². The third-order valence-electron chi connectivity index (χ3n) is 2.55. The van der Waals surface area contributed by atoms with Crippen LogP contribution in [0.5, 0.6) is 0 Å². The minimum absolute atomic E-state index is 0.0862. The predicted octanol–water partition coefficient (Wildman–Crippen LogP) is 3.17. The second-order valence-electron chi connectivity index (χ2n) is 4.00. The molecule has 0 saturated carbocycles. The van der Waals surface area contributed by atoms with Gasteiger partial charge in [0.25, 0.3) is 0 Å². The van der Waals surface area contributed by atoms with Crippen molar-refractivity contribution in [1.29, 1.82) is 0 Å². The number of carbonyl (C=O) groups excluding carboxylic acids is 1. The van der Waals surface area contributed by atoms with Gasteiger partial charge in [-0.15, -0.1) is 0 Å². The second-order valence-corrected chi connectivity index (χ2v) is 5.61. The molecule has 0 bridgehead atoms. The molecule has 0 spiro atoms. The minimum atomic E-state index is 0.0862. The molecular formula is C12H13NOS2. The molecule has 16 heavy (non-hydrogen) atoms. The summed E-state index contributed by atoms with van der Waals surface area (Å²) in [5, 5.41) is 0. The van der Waals surface area contributed by atoms with Gasteiger partial charge < -0.3 is 0 Å². The summed E-state index contributed by atoms with van der Waals surface area (Å²) in [5.74, 6) is 0.936. The van der Waals surface area contributed by atoms with Gasteiger partial charge in [0, 0.05) is 0 Å². The van der Waals surface area contributed by atoms with Gasteiger partial charge in [-0.1, -0.05) is 56.0 Å². The van der Waals surface area contributed by atoms with Gasteiger partial charge in [-0.05, 0) is 17.5 Å². The number of para-hydroxylation sites is 1. The van der Waals surface area contributed by atoms with Crippen molar-refractivity contribution in [2.24, 2.45) is 0 Å². The molecule has 4 heteroatoms. The lowest BCUT2D eigenvalue weighted by Gasteiger charge is -2.20. The summed E-state index contributed by atoms with van der Waals surface area (Å²) >= 11 is 6.65. The summed E-state index contributed by atoms with van der Waals surface area (Å²) in [6.07, 6.45) is 0. The van der Waals surface area contributed by atoms with Crippen molar-refractivity contribution >= 4 is 39.9 Å². The van der Waals surface area contributed by atoms with E-state index in [0.717, 1.165) is 5.69 Å². The van der Waals surface area contributed by atoms with Crippen molar-refractivity contribution in [2.45, 2.75) is 19.8 Å². The van der Waals surface area contributed by atoms with Crippen LogP contribution in [0.1, 0.15) is 25.3 Å². The molecule has 0 atom stereocenters. The summed E-state index contributed by atoms with van der Waals surface area (Å²) in [4.78, 5) is 13.4. The summed E-state index contributed by atoms with van der Waals surface area (Å²) in [5.41, 5.74) is 2.11. The van der Waals surface area contributed by atoms with Crippen molar-refractivity contribution in [3.05, 3.63) is 29.8 Å². The molecule has 1 aliphatic heterocycles. The summed E-state index contributed by atoms with van der Waals surface area (Å²) in [6.45, 7) is 4.24. The lowest BCUT2D eigenvalue weighted by Crippen LogP contribution is -2.29. The van der Waals surface area contributed by atoms with Crippen molar-refractivity contribution in [2.75, 3.05) is 10.7 Å². The van der Waals surface area contributed by atoms with E-state index in [1.807, 2.05) is 18.2 Å². The maximum absolute atomic E-state index is 11.8. The first kappa shape index (κ1) is 11.6. The van der Waals surface area contributed by atoms with Crippen molar-refractivity contribution < 1.29 is 4.79 Å². The Morgan fingerprint density at radius 3 is 2.62 bits per heavy atom. The maximum atomic E-state index is 11.8. The molecule has 0 unspecified atom stereocenters. The number of nitrogens with zero attached hydrogens (tertiary/aromatic N) is 1. The van der Waals surface area contributed by atoms with E-state index in [4.69, 9.17) is 12.2 Å². The Morgan fingerprint density at radius 1 is 1.38 bits per heavy atom. The number of anilines is 1. The number of carbonyl (C=O) groups is 1. The highest BCUT2D eigenvalue weighted by atomic mass is 32.2. The van der Waals surface area contributed by atoms with Crippen LogP contribution in [0.3, 0.4) is 0 Å². The van der Waals surface area contributed by atoms with Gasteiger partial charge in [0.05, 0.1) is 11.4 Å². The molecule has 84 valence electrons. The van der Waals surface area contributed by atoms with Gasteiger partial charge >= 0.3 is 0 Å². The van der Waals surface area contributed by atoms with E-state index in [2.05, 4.69) is 19.9 Å².